The molecule has 1 rings (SSSR count). The number of halogens is 1. The summed E-state index contributed by atoms with van der Waals surface area (Å²) in [5.41, 5.74) is 0.100. The summed E-state index contributed by atoms with van der Waals surface area (Å²) in [5.74, 6) is -0.458. The van der Waals surface area contributed by atoms with Gasteiger partial charge >= 0.3 is 5.97 Å². The van der Waals surface area contributed by atoms with E-state index in [0.29, 0.717) is 5.75 Å². The van der Waals surface area contributed by atoms with Crippen LogP contribution in [0.2, 0.25) is 5.02 Å². The first-order chi connectivity index (χ1) is 8.08. The summed E-state index contributed by atoms with van der Waals surface area (Å²) in [4.78, 5) is 11.7. The number of methoxy groups -OCH3 is 2. The van der Waals surface area contributed by atoms with Gasteiger partial charge in [-0.2, -0.15) is 0 Å². The smallest absolute Gasteiger partial charge is 0.337 e. The number of hydrogen-bond acceptors (Lipinski definition) is 4. The largest absolute Gasteiger partial charge is 0.478 e. The molecule has 0 aliphatic carbocycles. The molecular formula is C11H13ClO4S. The van der Waals surface area contributed by atoms with Crippen molar-refractivity contribution in [3.63, 3.8) is 0 Å². The van der Waals surface area contributed by atoms with Crippen molar-refractivity contribution in [3.05, 3.63) is 28.8 Å². The topological polar surface area (TPSA) is 55.8 Å². The summed E-state index contributed by atoms with van der Waals surface area (Å²) in [6.45, 7) is 0. The lowest BCUT2D eigenvalue weighted by molar-refractivity contribution is -0.0842. The molecule has 0 saturated heterocycles. The minimum atomic E-state index is -1.03. The number of benzene rings is 1. The second-order valence-electron chi connectivity index (χ2n) is 3.16. The lowest BCUT2D eigenvalue weighted by atomic mass is 10.2. The highest BCUT2D eigenvalue weighted by atomic mass is 35.5. The molecule has 94 valence electrons. The number of carboxylic acid groups (broad SMARTS) is 1. The molecule has 0 radical (unpaired) electrons. The van der Waals surface area contributed by atoms with Crippen LogP contribution in [0, 0.1) is 0 Å². The van der Waals surface area contributed by atoms with Crippen LogP contribution < -0.4 is 0 Å². The number of carboxylic acids is 1. The summed E-state index contributed by atoms with van der Waals surface area (Å²) in [5, 5.41) is 9.15. The normalized spacial score (nSPS) is 10.8. The lowest BCUT2D eigenvalue weighted by Gasteiger charge is -2.12. The van der Waals surface area contributed by atoms with E-state index < -0.39 is 5.97 Å². The standard InChI is InChI=1S/C11H13ClO4S/c1-15-10(16-2)6-17-7-3-4-9(12)8(5-7)11(13)14/h3-5,10H,6H2,1-2H3,(H,13,14). The van der Waals surface area contributed by atoms with Gasteiger partial charge in [-0.25, -0.2) is 4.79 Å². The summed E-state index contributed by atoms with van der Waals surface area (Å²) >= 11 is 7.21. The average Bonchev–Trinajstić information content (AvgIpc) is 2.32. The number of rotatable bonds is 6. The maximum atomic E-state index is 10.9. The van der Waals surface area contributed by atoms with Crippen molar-refractivity contribution in [2.45, 2.75) is 11.2 Å². The molecule has 1 aromatic rings. The molecule has 1 N–H and O–H groups in total. The van der Waals surface area contributed by atoms with E-state index in [4.69, 9.17) is 26.2 Å². The molecule has 0 unspecified atom stereocenters. The van der Waals surface area contributed by atoms with Gasteiger partial charge in [0.2, 0.25) is 0 Å². The van der Waals surface area contributed by atoms with Crippen molar-refractivity contribution < 1.29 is 19.4 Å². The summed E-state index contributed by atoms with van der Waals surface area (Å²) in [7, 11) is 3.11. The predicted molar refractivity (Wildman–Crippen MR) is 66.9 cm³/mol. The van der Waals surface area contributed by atoms with Crippen molar-refractivity contribution >= 4 is 29.3 Å². The Morgan fingerprint density at radius 1 is 1.47 bits per heavy atom. The van der Waals surface area contributed by atoms with Gasteiger partial charge in [0.05, 0.1) is 10.6 Å². The van der Waals surface area contributed by atoms with Crippen LogP contribution in [-0.4, -0.2) is 37.3 Å². The fourth-order valence-corrected chi connectivity index (χ4v) is 2.32. The molecule has 0 atom stereocenters. The predicted octanol–water partition coefficient (Wildman–Crippen LogP) is 2.75. The zero-order valence-corrected chi connectivity index (χ0v) is 11.0. The summed E-state index contributed by atoms with van der Waals surface area (Å²) in [6.07, 6.45) is -0.316. The molecule has 6 heteroatoms. The van der Waals surface area contributed by atoms with Crippen molar-refractivity contribution in [1.29, 1.82) is 0 Å². The van der Waals surface area contributed by atoms with Gasteiger partial charge in [-0.1, -0.05) is 11.6 Å². The molecular weight excluding hydrogens is 264 g/mol. The van der Waals surface area contributed by atoms with Gasteiger partial charge < -0.3 is 14.6 Å². The van der Waals surface area contributed by atoms with Crippen molar-refractivity contribution in [2.75, 3.05) is 20.0 Å². The minimum absolute atomic E-state index is 0.100. The van der Waals surface area contributed by atoms with E-state index in [0.717, 1.165) is 4.90 Å². The molecule has 0 aliphatic heterocycles. The van der Waals surface area contributed by atoms with Crippen LogP contribution in [0.3, 0.4) is 0 Å². The highest BCUT2D eigenvalue weighted by Gasteiger charge is 2.11. The van der Waals surface area contributed by atoms with E-state index in [1.807, 2.05) is 0 Å². The van der Waals surface area contributed by atoms with E-state index in [1.165, 1.54) is 17.8 Å². The van der Waals surface area contributed by atoms with Gasteiger partial charge in [-0.15, -0.1) is 11.8 Å². The molecule has 0 fully saturated rings. The Labute approximate surface area is 109 Å². The highest BCUT2D eigenvalue weighted by molar-refractivity contribution is 7.99. The maximum absolute atomic E-state index is 10.9. The fraction of sp³-hybridized carbons (Fsp3) is 0.364. The Kier molecular flexibility index (Phi) is 5.77. The van der Waals surface area contributed by atoms with Crippen LogP contribution in [0.5, 0.6) is 0 Å². The molecule has 0 spiro atoms. The van der Waals surface area contributed by atoms with E-state index >= 15 is 0 Å². The molecule has 0 amide bonds. The number of hydrogen-bond donors (Lipinski definition) is 1. The molecule has 0 aliphatic rings. The first kappa shape index (κ1) is 14.3. The van der Waals surface area contributed by atoms with E-state index in [-0.39, 0.29) is 16.9 Å². The summed E-state index contributed by atoms with van der Waals surface area (Å²) in [6, 6.07) is 4.88. The zero-order valence-electron chi connectivity index (χ0n) is 9.47. The van der Waals surface area contributed by atoms with Crippen LogP contribution in [0.25, 0.3) is 0 Å². The molecule has 1 aromatic carbocycles. The quantitative estimate of drug-likeness (QED) is 0.639. The van der Waals surface area contributed by atoms with Gasteiger partial charge in [-0.05, 0) is 18.2 Å². The van der Waals surface area contributed by atoms with Gasteiger partial charge in [0, 0.05) is 24.9 Å². The summed E-state index contributed by atoms with van der Waals surface area (Å²) < 4.78 is 10.1. The van der Waals surface area contributed by atoms with Gasteiger partial charge in [0.25, 0.3) is 0 Å². The zero-order chi connectivity index (χ0) is 12.8. The molecule has 17 heavy (non-hydrogen) atoms. The Bertz CT molecular complexity index is 393. The molecule has 0 bridgehead atoms. The lowest BCUT2D eigenvalue weighted by Crippen LogP contribution is -2.15. The average molecular weight is 277 g/mol. The van der Waals surface area contributed by atoms with Crippen molar-refractivity contribution in [3.8, 4) is 0 Å². The Hall–Kier alpha value is -0.750. The first-order valence-corrected chi connectivity index (χ1v) is 6.16. The van der Waals surface area contributed by atoms with Crippen LogP contribution in [0.4, 0.5) is 0 Å². The van der Waals surface area contributed by atoms with Crippen molar-refractivity contribution in [1.82, 2.24) is 0 Å². The van der Waals surface area contributed by atoms with Crippen molar-refractivity contribution in [2.24, 2.45) is 0 Å². The van der Waals surface area contributed by atoms with Crippen LogP contribution in [-0.2, 0) is 9.47 Å². The van der Waals surface area contributed by atoms with Crippen LogP contribution in [0.15, 0.2) is 23.1 Å². The number of thioether (sulfide) groups is 1. The monoisotopic (exact) mass is 276 g/mol. The van der Waals surface area contributed by atoms with E-state index in [2.05, 4.69) is 0 Å². The van der Waals surface area contributed by atoms with Crippen LogP contribution >= 0.6 is 23.4 Å². The Morgan fingerprint density at radius 2 is 2.12 bits per heavy atom. The second kappa shape index (κ2) is 6.86. The number of ether oxygens (including phenoxy) is 2. The fourth-order valence-electron chi connectivity index (χ4n) is 1.15. The molecule has 0 saturated carbocycles. The van der Waals surface area contributed by atoms with Gasteiger partial charge in [0.15, 0.2) is 6.29 Å². The second-order valence-corrected chi connectivity index (χ2v) is 4.66. The van der Waals surface area contributed by atoms with Crippen LogP contribution in [0.1, 0.15) is 10.4 Å². The molecule has 0 heterocycles. The van der Waals surface area contributed by atoms with E-state index in [1.54, 1.807) is 26.4 Å². The van der Waals surface area contributed by atoms with Gasteiger partial charge in [0.1, 0.15) is 0 Å². The third kappa shape index (κ3) is 4.20. The highest BCUT2D eigenvalue weighted by Crippen LogP contribution is 2.25. The maximum Gasteiger partial charge on any atom is 0.337 e. The van der Waals surface area contributed by atoms with E-state index in [9.17, 15) is 4.79 Å². The number of aromatic carboxylic acids is 1. The first-order valence-electron chi connectivity index (χ1n) is 4.79. The number of carbonyl (C=O) groups is 1. The molecule has 0 aromatic heterocycles. The van der Waals surface area contributed by atoms with Gasteiger partial charge in [-0.3, -0.25) is 0 Å². The third-order valence-electron chi connectivity index (χ3n) is 2.08. The molecule has 4 nitrogen and oxygen atoms in total. The third-order valence-corrected chi connectivity index (χ3v) is 3.44. The Balaban J connectivity index is 2.72. The minimum Gasteiger partial charge on any atom is -0.478 e. The SMILES string of the molecule is COC(CSc1ccc(Cl)c(C(=O)O)c1)OC. The Morgan fingerprint density at radius 3 is 2.65 bits per heavy atom.